The lowest BCUT2D eigenvalue weighted by molar-refractivity contribution is -0.133. The van der Waals surface area contributed by atoms with Crippen molar-refractivity contribution in [2.45, 2.75) is 19.8 Å². The normalized spacial score (nSPS) is 17.9. The van der Waals surface area contributed by atoms with Crippen LogP contribution < -0.4 is 15.0 Å². The standard InChI is InChI=1S/C18H25N3O3/c1-14(22)20-9-6-15(7-10-20)18(23)19-8-11-21-12-13-24-17-5-3-2-4-16(17)21/h2-5,15H,6-13H2,1H3,(H,19,23). The number of rotatable bonds is 4. The molecule has 6 nitrogen and oxygen atoms in total. The van der Waals surface area contributed by atoms with E-state index in [1.54, 1.807) is 6.92 Å². The lowest BCUT2D eigenvalue weighted by atomic mass is 9.96. The molecule has 0 aromatic heterocycles. The van der Waals surface area contributed by atoms with Crippen molar-refractivity contribution in [2.75, 3.05) is 44.2 Å². The van der Waals surface area contributed by atoms with Gasteiger partial charge in [-0.1, -0.05) is 12.1 Å². The second-order valence-corrected chi connectivity index (χ2v) is 6.37. The van der Waals surface area contributed by atoms with Crippen molar-refractivity contribution in [3.8, 4) is 5.75 Å². The number of likely N-dealkylation sites (tertiary alicyclic amines) is 1. The van der Waals surface area contributed by atoms with Gasteiger partial charge in [-0.15, -0.1) is 0 Å². The van der Waals surface area contributed by atoms with Gasteiger partial charge in [-0.25, -0.2) is 0 Å². The van der Waals surface area contributed by atoms with E-state index in [-0.39, 0.29) is 17.7 Å². The van der Waals surface area contributed by atoms with Gasteiger partial charge in [-0.05, 0) is 25.0 Å². The average Bonchev–Trinajstić information content (AvgIpc) is 2.62. The summed E-state index contributed by atoms with van der Waals surface area (Å²) in [6.07, 6.45) is 1.51. The van der Waals surface area contributed by atoms with Crippen LogP contribution in [0.3, 0.4) is 0 Å². The van der Waals surface area contributed by atoms with E-state index in [1.165, 1.54) is 0 Å². The number of nitrogens with one attached hydrogen (secondary N) is 1. The van der Waals surface area contributed by atoms with Crippen LogP contribution in [0.1, 0.15) is 19.8 Å². The van der Waals surface area contributed by atoms with E-state index in [0.29, 0.717) is 26.2 Å². The topological polar surface area (TPSA) is 61.9 Å². The molecule has 6 heteroatoms. The van der Waals surface area contributed by atoms with Gasteiger partial charge in [0, 0.05) is 39.0 Å². The van der Waals surface area contributed by atoms with E-state index in [1.807, 2.05) is 29.2 Å². The largest absolute Gasteiger partial charge is 0.490 e. The highest BCUT2D eigenvalue weighted by molar-refractivity contribution is 5.79. The van der Waals surface area contributed by atoms with Crippen molar-refractivity contribution in [2.24, 2.45) is 5.92 Å². The second-order valence-electron chi connectivity index (χ2n) is 6.37. The number of ether oxygens (including phenoxy) is 1. The first-order valence-electron chi connectivity index (χ1n) is 8.65. The Kier molecular flexibility index (Phi) is 5.23. The lowest BCUT2D eigenvalue weighted by Gasteiger charge is -2.32. The first-order valence-corrected chi connectivity index (χ1v) is 8.65. The van der Waals surface area contributed by atoms with Crippen molar-refractivity contribution in [3.05, 3.63) is 24.3 Å². The summed E-state index contributed by atoms with van der Waals surface area (Å²) in [7, 11) is 0. The minimum atomic E-state index is 0.0255. The molecule has 0 aliphatic carbocycles. The van der Waals surface area contributed by atoms with Crippen LogP contribution in [0.5, 0.6) is 5.75 Å². The molecule has 0 atom stereocenters. The minimum Gasteiger partial charge on any atom is -0.490 e. The summed E-state index contributed by atoms with van der Waals surface area (Å²) in [4.78, 5) is 27.7. The number of nitrogens with zero attached hydrogens (tertiary/aromatic N) is 2. The summed E-state index contributed by atoms with van der Waals surface area (Å²) in [6, 6.07) is 8.00. The van der Waals surface area contributed by atoms with Gasteiger partial charge in [0.2, 0.25) is 11.8 Å². The molecular weight excluding hydrogens is 306 g/mol. The SMILES string of the molecule is CC(=O)N1CCC(C(=O)NCCN2CCOc3ccccc32)CC1. The zero-order valence-corrected chi connectivity index (χ0v) is 14.2. The van der Waals surface area contributed by atoms with Gasteiger partial charge in [0.05, 0.1) is 12.2 Å². The van der Waals surface area contributed by atoms with Gasteiger partial charge in [-0.3, -0.25) is 9.59 Å². The van der Waals surface area contributed by atoms with Crippen molar-refractivity contribution in [3.63, 3.8) is 0 Å². The van der Waals surface area contributed by atoms with E-state index in [0.717, 1.165) is 37.4 Å². The number of para-hydroxylation sites is 2. The van der Waals surface area contributed by atoms with Crippen LogP contribution in [0, 0.1) is 5.92 Å². The molecule has 0 bridgehead atoms. The molecule has 0 saturated carbocycles. The van der Waals surface area contributed by atoms with E-state index < -0.39 is 0 Å². The number of amides is 2. The van der Waals surface area contributed by atoms with Crippen molar-refractivity contribution < 1.29 is 14.3 Å². The van der Waals surface area contributed by atoms with Crippen LogP contribution in [-0.2, 0) is 9.59 Å². The maximum atomic E-state index is 12.3. The number of fused-ring (bicyclic) bond motifs is 1. The quantitative estimate of drug-likeness (QED) is 0.902. The highest BCUT2D eigenvalue weighted by atomic mass is 16.5. The van der Waals surface area contributed by atoms with E-state index in [4.69, 9.17) is 4.74 Å². The first-order chi connectivity index (χ1) is 11.6. The molecule has 2 aliphatic heterocycles. The third-order valence-electron chi connectivity index (χ3n) is 4.82. The van der Waals surface area contributed by atoms with Crippen LogP contribution in [0.4, 0.5) is 5.69 Å². The summed E-state index contributed by atoms with van der Waals surface area (Å²) >= 11 is 0. The molecule has 1 fully saturated rings. The molecule has 130 valence electrons. The number of hydrogen-bond donors (Lipinski definition) is 1. The lowest BCUT2D eigenvalue weighted by Crippen LogP contribution is -2.44. The van der Waals surface area contributed by atoms with Gasteiger partial charge >= 0.3 is 0 Å². The van der Waals surface area contributed by atoms with Crippen molar-refractivity contribution in [1.29, 1.82) is 0 Å². The highest BCUT2D eigenvalue weighted by Crippen LogP contribution is 2.30. The van der Waals surface area contributed by atoms with Crippen LogP contribution in [-0.4, -0.2) is 56.0 Å². The molecule has 3 rings (SSSR count). The summed E-state index contributed by atoms with van der Waals surface area (Å²) < 4.78 is 5.64. The Morgan fingerprint density at radius 1 is 1.21 bits per heavy atom. The molecule has 2 aliphatic rings. The number of hydrogen-bond acceptors (Lipinski definition) is 4. The molecule has 0 unspecified atom stereocenters. The molecule has 1 saturated heterocycles. The van der Waals surface area contributed by atoms with Crippen LogP contribution in [0.15, 0.2) is 24.3 Å². The summed E-state index contributed by atoms with van der Waals surface area (Å²) in [5.74, 6) is 1.14. The number of anilines is 1. The van der Waals surface area contributed by atoms with Crippen molar-refractivity contribution in [1.82, 2.24) is 10.2 Å². The van der Waals surface area contributed by atoms with Crippen LogP contribution in [0.2, 0.25) is 0 Å². The Balaban J connectivity index is 1.44. The predicted octanol–water partition coefficient (Wildman–Crippen LogP) is 1.26. The van der Waals surface area contributed by atoms with Gasteiger partial charge in [0.15, 0.2) is 0 Å². The van der Waals surface area contributed by atoms with Crippen LogP contribution in [0.25, 0.3) is 0 Å². The smallest absolute Gasteiger partial charge is 0.223 e. The number of piperidine rings is 1. The van der Waals surface area contributed by atoms with Gasteiger partial charge in [0.1, 0.15) is 12.4 Å². The first kappa shape index (κ1) is 16.6. The molecule has 0 radical (unpaired) electrons. The van der Waals surface area contributed by atoms with E-state index in [9.17, 15) is 9.59 Å². The molecule has 2 heterocycles. The molecule has 0 spiro atoms. The average molecular weight is 331 g/mol. The highest BCUT2D eigenvalue weighted by Gasteiger charge is 2.26. The minimum absolute atomic E-state index is 0.0255. The fourth-order valence-corrected chi connectivity index (χ4v) is 3.37. The molecule has 1 aromatic rings. The fraction of sp³-hybridized carbons (Fsp3) is 0.556. The molecule has 1 N–H and O–H groups in total. The number of carbonyl (C=O) groups excluding carboxylic acids is 2. The third kappa shape index (κ3) is 3.80. The maximum absolute atomic E-state index is 12.3. The van der Waals surface area contributed by atoms with E-state index in [2.05, 4.69) is 10.2 Å². The second kappa shape index (κ2) is 7.55. The Morgan fingerprint density at radius 2 is 1.96 bits per heavy atom. The van der Waals surface area contributed by atoms with Crippen molar-refractivity contribution >= 4 is 17.5 Å². The maximum Gasteiger partial charge on any atom is 0.223 e. The third-order valence-corrected chi connectivity index (χ3v) is 4.82. The summed E-state index contributed by atoms with van der Waals surface area (Å²) in [5.41, 5.74) is 1.09. The fourth-order valence-electron chi connectivity index (χ4n) is 3.37. The molecule has 24 heavy (non-hydrogen) atoms. The Hall–Kier alpha value is -2.24. The zero-order chi connectivity index (χ0) is 16.9. The Morgan fingerprint density at radius 3 is 2.71 bits per heavy atom. The van der Waals surface area contributed by atoms with Gasteiger partial charge in [-0.2, -0.15) is 0 Å². The predicted molar refractivity (Wildman–Crippen MR) is 92.1 cm³/mol. The van der Waals surface area contributed by atoms with Gasteiger partial charge < -0.3 is 19.9 Å². The number of benzene rings is 1. The number of carbonyl (C=O) groups is 2. The molecule has 2 amide bonds. The van der Waals surface area contributed by atoms with Gasteiger partial charge in [0.25, 0.3) is 0 Å². The molecule has 1 aromatic carbocycles. The Bertz CT molecular complexity index is 597. The zero-order valence-electron chi connectivity index (χ0n) is 14.2. The molecular formula is C18H25N3O3. The summed E-state index contributed by atoms with van der Waals surface area (Å²) in [6.45, 7) is 5.87. The van der Waals surface area contributed by atoms with Crippen LogP contribution >= 0.6 is 0 Å². The summed E-state index contributed by atoms with van der Waals surface area (Å²) in [5, 5.41) is 3.05. The Labute approximate surface area is 142 Å². The van der Waals surface area contributed by atoms with E-state index >= 15 is 0 Å². The monoisotopic (exact) mass is 331 g/mol.